The van der Waals surface area contributed by atoms with E-state index in [-0.39, 0.29) is 6.23 Å². The Labute approximate surface area is 246 Å². The van der Waals surface area contributed by atoms with Crippen molar-refractivity contribution < 1.29 is 4.74 Å². The molecule has 0 N–H and O–H groups in total. The number of ether oxygens (including phenoxy) is 1. The molecule has 0 radical (unpaired) electrons. The number of aliphatic imine (C=N–C) groups is 1. The van der Waals surface area contributed by atoms with Crippen molar-refractivity contribution in [1.82, 2.24) is 0 Å². The van der Waals surface area contributed by atoms with E-state index >= 15 is 0 Å². The van der Waals surface area contributed by atoms with E-state index in [0.29, 0.717) is 0 Å². The Morgan fingerprint density at radius 1 is 0.762 bits per heavy atom. The predicted molar refractivity (Wildman–Crippen MR) is 178 cm³/mol. The number of allylic oxidation sites excluding steroid dienone is 2. The molecule has 0 amide bonds. The van der Waals surface area contributed by atoms with Crippen molar-refractivity contribution in [2.45, 2.75) is 19.1 Å². The third-order valence-corrected chi connectivity index (χ3v) is 10.3. The van der Waals surface area contributed by atoms with Crippen LogP contribution in [0.4, 0.5) is 5.69 Å². The van der Waals surface area contributed by atoms with Gasteiger partial charge in [-0.25, -0.2) is 4.99 Å². The van der Waals surface area contributed by atoms with Crippen molar-refractivity contribution in [3.63, 3.8) is 0 Å². The molecule has 0 fully saturated rings. The van der Waals surface area contributed by atoms with E-state index in [1.54, 1.807) is 6.26 Å². The zero-order valence-electron chi connectivity index (χ0n) is 22.7. The first-order chi connectivity index (χ1) is 20.8. The highest BCUT2D eigenvalue weighted by Gasteiger charge is 2.39. The number of nitrogens with zero attached hydrogens (tertiary/aromatic N) is 2. The molecule has 3 aliphatic rings. The molecule has 1 atom stereocenters. The van der Waals surface area contributed by atoms with Gasteiger partial charge in [0.05, 0.1) is 6.26 Å². The van der Waals surface area contributed by atoms with Crippen LogP contribution in [-0.4, -0.2) is 12.4 Å². The van der Waals surface area contributed by atoms with E-state index < -0.39 is 0 Å². The highest BCUT2D eigenvalue weighted by Crippen LogP contribution is 2.46. The second-order valence-corrected chi connectivity index (χ2v) is 12.5. The van der Waals surface area contributed by atoms with Crippen LogP contribution in [0.5, 0.6) is 0 Å². The minimum Gasteiger partial charge on any atom is -0.473 e. The zero-order valence-corrected chi connectivity index (χ0v) is 23.5. The van der Waals surface area contributed by atoms with E-state index in [9.17, 15) is 0 Å². The van der Waals surface area contributed by atoms with Crippen molar-refractivity contribution in [3.05, 3.63) is 126 Å². The van der Waals surface area contributed by atoms with E-state index in [4.69, 9.17) is 9.73 Å². The summed E-state index contributed by atoms with van der Waals surface area (Å²) in [6, 6.07) is 34.0. The summed E-state index contributed by atoms with van der Waals surface area (Å²) in [5.74, 6) is 1.03. The monoisotopic (exact) mass is 556 g/mol. The fourth-order valence-corrected chi connectivity index (χ4v) is 8.52. The summed E-state index contributed by atoms with van der Waals surface area (Å²) in [6.07, 6.45) is 9.84. The molecule has 0 saturated carbocycles. The SMILES string of the molecule is C1=COC2C(=C1)C1=C(N=CCC1)N2c1ccc2c(c1)sc1cc(-c3ccc4ccc5cccc6ccc3c4c56)ccc12. The van der Waals surface area contributed by atoms with Gasteiger partial charge in [-0.05, 0) is 86.6 Å². The van der Waals surface area contributed by atoms with Crippen LogP contribution in [0, 0.1) is 0 Å². The van der Waals surface area contributed by atoms with Gasteiger partial charge in [0, 0.05) is 43.2 Å². The number of benzene rings is 6. The molecule has 1 aromatic heterocycles. The smallest absolute Gasteiger partial charge is 0.203 e. The van der Waals surface area contributed by atoms with Gasteiger partial charge in [0.1, 0.15) is 5.82 Å². The first-order valence-corrected chi connectivity index (χ1v) is 15.3. The lowest BCUT2D eigenvalue weighted by molar-refractivity contribution is 0.182. The van der Waals surface area contributed by atoms with Crippen molar-refractivity contribution >= 4 is 75.7 Å². The summed E-state index contributed by atoms with van der Waals surface area (Å²) < 4.78 is 8.72. The summed E-state index contributed by atoms with van der Waals surface area (Å²) >= 11 is 1.87. The average molecular weight is 557 g/mol. The van der Waals surface area contributed by atoms with Crippen LogP contribution >= 0.6 is 11.3 Å². The summed E-state index contributed by atoms with van der Waals surface area (Å²) in [6.45, 7) is 0. The minimum absolute atomic E-state index is 0.150. The molecule has 0 spiro atoms. The molecule has 0 aliphatic carbocycles. The van der Waals surface area contributed by atoms with E-state index in [2.05, 4.69) is 102 Å². The predicted octanol–water partition coefficient (Wildman–Crippen LogP) is 10.3. The van der Waals surface area contributed by atoms with Crippen LogP contribution in [0.1, 0.15) is 12.8 Å². The molecule has 3 nitrogen and oxygen atoms in total. The van der Waals surface area contributed by atoms with Gasteiger partial charge in [-0.15, -0.1) is 11.3 Å². The largest absolute Gasteiger partial charge is 0.473 e. The zero-order chi connectivity index (χ0) is 27.4. The van der Waals surface area contributed by atoms with Crippen LogP contribution in [0.2, 0.25) is 0 Å². The normalized spacial score (nSPS) is 18.0. The Hall–Kier alpha value is -4.93. The standard InChI is InChI=1S/C38H24N2OS/c1-4-22-8-9-24-10-14-27(30-16-11-23(5-1)35(22)36(24)30)25-12-15-28-29-17-13-26(21-34(29)42-33(28)20-25)40-37-31(6-2-18-39-37)32-7-3-19-41-38(32)40/h1,3-5,7-21,38H,2,6H2. The van der Waals surface area contributed by atoms with Crippen molar-refractivity contribution in [2.75, 3.05) is 4.90 Å². The van der Waals surface area contributed by atoms with Gasteiger partial charge in [-0.1, -0.05) is 72.8 Å². The van der Waals surface area contributed by atoms with Gasteiger partial charge in [0.15, 0.2) is 0 Å². The highest BCUT2D eigenvalue weighted by molar-refractivity contribution is 7.25. The second-order valence-electron chi connectivity index (χ2n) is 11.4. The molecular formula is C38H24N2OS. The molecular weight excluding hydrogens is 532 g/mol. The fourth-order valence-electron chi connectivity index (χ4n) is 7.34. The Balaban J connectivity index is 1.12. The van der Waals surface area contributed by atoms with E-state index in [1.807, 2.05) is 23.6 Å². The maximum absolute atomic E-state index is 6.14. The van der Waals surface area contributed by atoms with Crippen LogP contribution in [0.3, 0.4) is 0 Å². The maximum Gasteiger partial charge on any atom is 0.203 e. The Bertz CT molecular complexity index is 2390. The molecule has 0 bridgehead atoms. The number of thiophene rings is 1. The van der Waals surface area contributed by atoms with Gasteiger partial charge in [-0.3, -0.25) is 4.90 Å². The molecule has 3 aliphatic heterocycles. The van der Waals surface area contributed by atoms with Gasteiger partial charge in [-0.2, -0.15) is 0 Å². The van der Waals surface area contributed by atoms with Gasteiger partial charge in [0.25, 0.3) is 0 Å². The van der Waals surface area contributed by atoms with Crippen molar-refractivity contribution in [1.29, 1.82) is 0 Å². The Morgan fingerprint density at radius 2 is 1.52 bits per heavy atom. The van der Waals surface area contributed by atoms with Crippen LogP contribution in [-0.2, 0) is 4.74 Å². The third-order valence-electron chi connectivity index (χ3n) is 9.22. The maximum atomic E-state index is 6.14. The highest BCUT2D eigenvalue weighted by atomic mass is 32.1. The Kier molecular flexibility index (Phi) is 4.50. The molecule has 198 valence electrons. The number of anilines is 1. The fraction of sp³-hybridized carbons (Fsp3) is 0.0789. The third kappa shape index (κ3) is 3.02. The summed E-state index contributed by atoms with van der Waals surface area (Å²) in [5, 5.41) is 10.5. The van der Waals surface area contributed by atoms with Crippen molar-refractivity contribution in [2.24, 2.45) is 4.99 Å². The lowest BCUT2D eigenvalue weighted by Crippen LogP contribution is -2.32. The molecule has 7 aromatic rings. The molecule has 1 unspecified atom stereocenters. The summed E-state index contributed by atoms with van der Waals surface area (Å²) in [7, 11) is 0. The van der Waals surface area contributed by atoms with Gasteiger partial charge < -0.3 is 4.74 Å². The lowest BCUT2D eigenvalue weighted by Gasteiger charge is -2.29. The number of hydrogen-bond donors (Lipinski definition) is 0. The van der Waals surface area contributed by atoms with Gasteiger partial charge in [0.2, 0.25) is 6.23 Å². The van der Waals surface area contributed by atoms with E-state index in [1.165, 1.54) is 74.8 Å². The number of hydrogen-bond acceptors (Lipinski definition) is 4. The lowest BCUT2D eigenvalue weighted by atomic mass is 9.90. The van der Waals surface area contributed by atoms with Crippen LogP contribution < -0.4 is 4.90 Å². The molecule has 4 heteroatoms. The van der Waals surface area contributed by atoms with Crippen LogP contribution in [0.15, 0.2) is 131 Å². The quantitative estimate of drug-likeness (QED) is 0.198. The first kappa shape index (κ1) is 22.7. The molecule has 6 aromatic carbocycles. The average Bonchev–Trinajstić information content (AvgIpc) is 3.58. The van der Waals surface area contributed by atoms with Crippen LogP contribution in [0.25, 0.3) is 63.6 Å². The van der Waals surface area contributed by atoms with Gasteiger partial charge >= 0.3 is 0 Å². The second kappa shape index (κ2) is 8.31. The van der Waals surface area contributed by atoms with E-state index in [0.717, 1.165) is 24.4 Å². The van der Waals surface area contributed by atoms with Crippen molar-refractivity contribution in [3.8, 4) is 11.1 Å². The Morgan fingerprint density at radius 3 is 2.43 bits per heavy atom. The molecule has 0 saturated heterocycles. The first-order valence-electron chi connectivity index (χ1n) is 14.5. The number of fused-ring (bicyclic) bond motifs is 5. The molecule has 10 rings (SSSR count). The molecule has 4 heterocycles. The summed E-state index contributed by atoms with van der Waals surface area (Å²) in [4.78, 5) is 7.10. The molecule has 42 heavy (non-hydrogen) atoms. The summed E-state index contributed by atoms with van der Waals surface area (Å²) in [5.41, 5.74) is 6.21. The minimum atomic E-state index is -0.150. The number of rotatable bonds is 2. The topological polar surface area (TPSA) is 24.8 Å².